The van der Waals surface area contributed by atoms with Crippen molar-refractivity contribution in [3.63, 3.8) is 0 Å². The molecule has 0 rings (SSSR count). The van der Waals surface area contributed by atoms with E-state index in [0.29, 0.717) is 6.08 Å². The summed E-state index contributed by atoms with van der Waals surface area (Å²) >= 11 is -3.17. The van der Waals surface area contributed by atoms with Crippen LogP contribution in [0.3, 0.4) is 0 Å². The quantitative estimate of drug-likeness (QED) is 0.216. The van der Waals surface area contributed by atoms with E-state index in [2.05, 4.69) is 10.3 Å². The Kier molecular flexibility index (Phi) is 5.91. The fourth-order valence-electron chi connectivity index (χ4n) is 1.33. The zero-order valence-electron chi connectivity index (χ0n) is 9.81. The van der Waals surface area contributed by atoms with Crippen LogP contribution in [0, 0.1) is 5.41 Å². The van der Waals surface area contributed by atoms with Crippen molar-refractivity contribution >= 4 is 45.6 Å². The molecule has 0 aliphatic carbocycles. The van der Waals surface area contributed by atoms with Crippen molar-refractivity contribution in [3.8, 4) is 0 Å². The van der Waals surface area contributed by atoms with E-state index in [4.69, 9.17) is 20.4 Å². The zero-order valence-corrected chi connectivity index (χ0v) is 12.8. The molecule has 0 aromatic heterocycles. The fraction of sp³-hybridized carbons (Fsp3) is 0.222. The standard InChI is InChI=1S/C9H10GeO10/c1-2-3(11)20-10-4(5(12)13)9(6(14)15,7(16)17)8(18)19/h2,4H,1,10H2,(H,12,13)(H,14,15)(H,16,17)(H,18,19). The van der Waals surface area contributed by atoms with Crippen LogP contribution in [0.4, 0.5) is 0 Å². The van der Waals surface area contributed by atoms with Gasteiger partial charge in [0, 0.05) is 0 Å². The molecule has 11 heteroatoms. The van der Waals surface area contributed by atoms with Crippen LogP contribution in [-0.4, -0.2) is 66.0 Å². The SMILES string of the molecule is C=CC(=O)[O][GeH2][CH](C(=O)O)C(C(=O)O)(C(=O)O)C(=O)O. The van der Waals surface area contributed by atoms with E-state index in [0.717, 1.165) is 0 Å². The molecule has 0 bridgehead atoms. The number of hydrogen-bond acceptors (Lipinski definition) is 6. The predicted octanol–water partition coefficient (Wildman–Crippen LogP) is -2.09. The van der Waals surface area contributed by atoms with Gasteiger partial charge in [0.15, 0.2) is 0 Å². The summed E-state index contributed by atoms with van der Waals surface area (Å²) < 4.78 is 2.09. The van der Waals surface area contributed by atoms with Crippen molar-refractivity contribution in [2.75, 3.05) is 0 Å². The van der Waals surface area contributed by atoms with Gasteiger partial charge in [-0.2, -0.15) is 0 Å². The number of rotatable bonds is 8. The number of hydrogen-bond donors (Lipinski definition) is 4. The van der Waals surface area contributed by atoms with Gasteiger partial charge in [0.05, 0.1) is 0 Å². The minimum atomic E-state index is -3.60. The van der Waals surface area contributed by atoms with Gasteiger partial charge in [0.2, 0.25) is 0 Å². The molecule has 0 aliphatic rings. The second kappa shape index (κ2) is 6.70. The molecule has 1 unspecified atom stereocenters. The Morgan fingerprint density at radius 3 is 1.65 bits per heavy atom. The molecule has 1 atom stereocenters. The molecule has 0 aromatic carbocycles. The van der Waals surface area contributed by atoms with Crippen LogP contribution in [-0.2, 0) is 27.7 Å². The fourth-order valence-corrected chi connectivity index (χ4v) is 4.19. The Labute approximate surface area is 117 Å². The first-order valence-electron chi connectivity index (χ1n) is 4.84. The van der Waals surface area contributed by atoms with Crippen LogP contribution < -0.4 is 0 Å². The van der Waals surface area contributed by atoms with Gasteiger partial charge in [-0.15, -0.1) is 0 Å². The molecule has 0 saturated carbocycles. The summed E-state index contributed by atoms with van der Waals surface area (Å²) in [5, 5.41) is 35.4. The summed E-state index contributed by atoms with van der Waals surface area (Å²) in [4.78, 5) is 54.9. The van der Waals surface area contributed by atoms with E-state index in [1.807, 2.05) is 0 Å². The third-order valence-corrected chi connectivity index (χ3v) is 6.06. The van der Waals surface area contributed by atoms with Crippen molar-refractivity contribution in [1.82, 2.24) is 0 Å². The van der Waals surface area contributed by atoms with E-state index in [1.165, 1.54) is 0 Å². The van der Waals surface area contributed by atoms with Crippen molar-refractivity contribution in [2.45, 2.75) is 4.75 Å². The van der Waals surface area contributed by atoms with Gasteiger partial charge < -0.3 is 0 Å². The minimum absolute atomic E-state index is 0.661. The molecular formula is C9H10GeO10. The molecule has 0 radical (unpaired) electrons. The van der Waals surface area contributed by atoms with Crippen molar-refractivity contribution in [2.24, 2.45) is 5.41 Å². The van der Waals surface area contributed by atoms with Crippen molar-refractivity contribution in [3.05, 3.63) is 12.7 Å². The summed E-state index contributed by atoms with van der Waals surface area (Å²) in [5.74, 6) is -10.1. The van der Waals surface area contributed by atoms with E-state index in [9.17, 15) is 24.0 Å². The Morgan fingerprint density at radius 2 is 1.40 bits per heavy atom. The Morgan fingerprint density at radius 1 is 1.00 bits per heavy atom. The molecule has 20 heavy (non-hydrogen) atoms. The second-order valence-electron chi connectivity index (χ2n) is 3.45. The monoisotopic (exact) mass is 352 g/mol. The number of carboxylic acid groups (broad SMARTS) is 4. The third kappa shape index (κ3) is 3.14. The van der Waals surface area contributed by atoms with Crippen LogP contribution >= 0.6 is 0 Å². The molecule has 0 aliphatic heterocycles. The van der Waals surface area contributed by atoms with Crippen LogP contribution in [0.15, 0.2) is 12.7 Å². The maximum absolute atomic E-state index is 11.0. The van der Waals surface area contributed by atoms with Gasteiger partial charge >= 0.3 is 117 Å². The number of aliphatic carboxylic acids is 4. The Balaban J connectivity index is 5.79. The Bertz CT molecular complexity index is 445. The second-order valence-corrected chi connectivity index (χ2v) is 6.47. The van der Waals surface area contributed by atoms with Gasteiger partial charge in [0.25, 0.3) is 0 Å². The van der Waals surface area contributed by atoms with Crippen LogP contribution in [0.1, 0.15) is 0 Å². The maximum atomic E-state index is 11.0. The van der Waals surface area contributed by atoms with Gasteiger partial charge in [-0.25, -0.2) is 0 Å². The molecule has 110 valence electrons. The molecule has 0 heterocycles. The van der Waals surface area contributed by atoms with Gasteiger partial charge in [0.1, 0.15) is 0 Å². The van der Waals surface area contributed by atoms with E-state index in [-0.39, 0.29) is 0 Å². The van der Waals surface area contributed by atoms with Crippen molar-refractivity contribution in [1.29, 1.82) is 0 Å². The van der Waals surface area contributed by atoms with Crippen LogP contribution in [0.2, 0.25) is 4.75 Å². The first-order chi connectivity index (χ1) is 9.12. The average molecular weight is 351 g/mol. The molecule has 0 amide bonds. The summed E-state index contributed by atoms with van der Waals surface area (Å²) in [6, 6.07) is 0. The number of carboxylic acids is 4. The van der Waals surface area contributed by atoms with Crippen molar-refractivity contribution < 1.29 is 48.2 Å². The average Bonchev–Trinajstić information content (AvgIpc) is 2.31. The number of carbonyl (C=O) groups is 5. The topological polar surface area (TPSA) is 176 Å². The number of carbonyl (C=O) groups excluding carboxylic acids is 1. The molecule has 4 N–H and O–H groups in total. The zero-order chi connectivity index (χ0) is 16.1. The molecule has 10 nitrogen and oxygen atoms in total. The summed E-state index contributed by atoms with van der Waals surface area (Å²) in [6.07, 6.45) is 0.661. The molecule has 0 fully saturated rings. The third-order valence-electron chi connectivity index (χ3n) is 2.39. The first-order valence-corrected chi connectivity index (χ1v) is 7.76. The molecular weight excluding hydrogens is 341 g/mol. The van der Waals surface area contributed by atoms with Crippen LogP contribution in [0.5, 0.6) is 0 Å². The predicted molar refractivity (Wildman–Crippen MR) is 61.6 cm³/mol. The van der Waals surface area contributed by atoms with E-state index < -0.39 is 55.8 Å². The normalized spacial score (nSPS) is 12.6. The summed E-state index contributed by atoms with van der Waals surface area (Å²) in [7, 11) is 0. The molecule has 0 saturated heterocycles. The first kappa shape index (κ1) is 17.6. The van der Waals surface area contributed by atoms with Gasteiger partial charge in [-0.05, 0) is 0 Å². The summed E-state index contributed by atoms with van der Waals surface area (Å²) in [6.45, 7) is 3.01. The van der Waals surface area contributed by atoms with Gasteiger partial charge in [-0.3, -0.25) is 0 Å². The molecule has 0 spiro atoms. The van der Waals surface area contributed by atoms with E-state index >= 15 is 0 Å². The van der Waals surface area contributed by atoms with Gasteiger partial charge in [-0.1, -0.05) is 0 Å². The Hall–Kier alpha value is -2.37. The van der Waals surface area contributed by atoms with Crippen LogP contribution in [0.25, 0.3) is 0 Å². The molecule has 0 aromatic rings. The van der Waals surface area contributed by atoms with E-state index in [1.54, 1.807) is 0 Å². The summed E-state index contributed by atoms with van der Waals surface area (Å²) in [5.41, 5.74) is -3.60.